The van der Waals surface area contributed by atoms with Crippen molar-refractivity contribution in [2.24, 2.45) is 0 Å². The van der Waals surface area contributed by atoms with Gasteiger partial charge in [0.25, 0.3) is 0 Å². The van der Waals surface area contributed by atoms with E-state index >= 15 is 0 Å². The first kappa shape index (κ1) is 19.1. The molecule has 0 saturated heterocycles. The molecule has 3 aromatic rings. The van der Waals surface area contributed by atoms with Crippen LogP contribution in [0.15, 0.2) is 66.7 Å². The molecule has 0 heterocycles. The van der Waals surface area contributed by atoms with Crippen molar-refractivity contribution in [1.29, 1.82) is 0 Å². The average Bonchev–Trinajstić information content (AvgIpc) is 2.72. The van der Waals surface area contributed by atoms with Gasteiger partial charge in [-0.25, -0.2) is 4.79 Å². The lowest BCUT2D eigenvalue weighted by Crippen LogP contribution is -2.05. The van der Waals surface area contributed by atoms with Crippen molar-refractivity contribution in [2.45, 2.75) is 13.2 Å². The molecule has 3 aromatic carbocycles. The van der Waals surface area contributed by atoms with E-state index in [1.54, 1.807) is 18.2 Å². The highest BCUT2D eigenvalue weighted by Crippen LogP contribution is 2.26. The molecule has 0 aliphatic rings. The van der Waals surface area contributed by atoms with E-state index < -0.39 is 5.97 Å². The summed E-state index contributed by atoms with van der Waals surface area (Å²) < 4.78 is 16.5. The molecule has 0 unspecified atom stereocenters. The smallest absolute Gasteiger partial charge is 0.338 e. The Bertz CT molecular complexity index is 905. The van der Waals surface area contributed by atoms with Crippen LogP contribution in [0.2, 0.25) is 0 Å². The fraction of sp³-hybridized carbons (Fsp3) is 0.136. The summed E-state index contributed by atoms with van der Waals surface area (Å²) in [5, 5.41) is 0. The van der Waals surface area contributed by atoms with Crippen LogP contribution in [-0.2, 0) is 18.0 Å². The Hall–Kier alpha value is -3.67. The van der Waals surface area contributed by atoms with Gasteiger partial charge in [-0.15, -0.1) is 0 Å². The molecule has 0 bridgehead atoms. The van der Waals surface area contributed by atoms with Crippen LogP contribution in [0.1, 0.15) is 21.5 Å². The molecule has 0 fully saturated rings. The monoisotopic (exact) mass is 378 g/mol. The minimum Gasteiger partial charge on any atom is -0.489 e. The Kier molecular flexibility index (Phi) is 6.01. The Balaban J connectivity index is 1.79. The molecule has 144 valence electrons. The van der Waals surface area contributed by atoms with E-state index in [1.807, 2.05) is 48.5 Å². The molecule has 0 saturated carbocycles. The quantitative estimate of drug-likeness (QED) is 0.479. The zero-order valence-corrected chi connectivity index (χ0v) is 15.6. The van der Waals surface area contributed by atoms with Crippen LogP contribution in [0, 0.1) is 0 Å². The third-order valence-electron chi connectivity index (χ3n) is 4.20. The number of methoxy groups -OCH3 is 1. The van der Waals surface area contributed by atoms with Crippen LogP contribution in [0.25, 0.3) is 0 Å². The number of rotatable bonds is 7. The maximum Gasteiger partial charge on any atom is 0.338 e. The first-order valence-electron chi connectivity index (χ1n) is 8.72. The van der Waals surface area contributed by atoms with E-state index in [9.17, 15) is 4.79 Å². The summed E-state index contributed by atoms with van der Waals surface area (Å²) in [6.07, 6.45) is 0. The standard InChI is InChI=1S/C22H22N2O4/c1-26-22(25)17-10-18(27-13-15-6-2-4-8-20(15)23)12-19(11-17)28-14-16-7-3-5-9-21(16)24/h2-12H,13-14,23-24H2,1H3. The lowest BCUT2D eigenvalue weighted by molar-refractivity contribution is 0.0599. The van der Waals surface area contributed by atoms with Gasteiger partial charge < -0.3 is 25.7 Å². The van der Waals surface area contributed by atoms with Crippen LogP contribution in [-0.4, -0.2) is 13.1 Å². The molecule has 3 rings (SSSR count). The zero-order chi connectivity index (χ0) is 19.9. The maximum atomic E-state index is 12.0. The number of esters is 1. The molecule has 0 aromatic heterocycles. The average molecular weight is 378 g/mol. The van der Waals surface area contributed by atoms with Crippen LogP contribution in [0.4, 0.5) is 11.4 Å². The van der Waals surface area contributed by atoms with Crippen LogP contribution < -0.4 is 20.9 Å². The highest BCUT2D eigenvalue weighted by atomic mass is 16.5. The van der Waals surface area contributed by atoms with Crippen molar-refractivity contribution in [3.05, 3.63) is 83.4 Å². The summed E-state index contributed by atoms with van der Waals surface area (Å²) in [4.78, 5) is 12.0. The van der Waals surface area contributed by atoms with E-state index in [-0.39, 0.29) is 13.2 Å². The number of nitrogen functional groups attached to an aromatic ring is 2. The Labute approximate surface area is 163 Å². The largest absolute Gasteiger partial charge is 0.489 e. The molecule has 28 heavy (non-hydrogen) atoms. The van der Waals surface area contributed by atoms with Gasteiger partial charge in [-0.3, -0.25) is 0 Å². The summed E-state index contributed by atoms with van der Waals surface area (Å²) in [6, 6.07) is 19.8. The third kappa shape index (κ3) is 4.73. The molecule has 0 radical (unpaired) electrons. The number of benzene rings is 3. The number of carbonyl (C=O) groups excluding carboxylic acids is 1. The predicted molar refractivity (Wildman–Crippen MR) is 108 cm³/mol. The van der Waals surface area contributed by atoms with E-state index in [4.69, 9.17) is 25.7 Å². The highest BCUT2D eigenvalue weighted by Gasteiger charge is 2.12. The van der Waals surface area contributed by atoms with Crippen molar-refractivity contribution in [3.8, 4) is 11.5 Å². The van der Waals surface area contributed by atoms with E-state index in [1.165, 1.54) is 7.11 Å². The fourth-order valence-electron chi connectivity index (χ4n) is 2.63. The molecule has 6 heteroatoms. The highest BCUT2D eigenvalue weighted by molar-refractivity contribution is 5.90. The number of anilines is 2. The van der Waals surface area contributed by atoms with Crippen molar-refractivity contribution in [1.82, 2.24) is 0 Å². The number of hydrogen-bond acceptors (Lipinski definition) is 6. The summed E-state index contributed by atoms with van der Waals surface area (Å²) in [7, 11) is 1.33. The van der Waals surface area contributed by atoms with Gasteiger partial charge in [-0.1, -0.05) is 36.4 Å². The lowest BCUT2D eigenvalue weighted by Gasteiger charge is -2.13. The number of ether oxygens (including phenoxy) is 3. The molecular formula is C22H22N2O4. The van der Waals surface area contributed by atoms with Crippen molar-refractivity contribution in [2.75, 3.05) is 18.6 Å². The van der Waals surface area contributed by atoms with Gasteiger partial charge in [0.05, 0.1) is 12.7 Å². The molecule has 0 aliphatic carbocycles. The second-order valence-corrected chi connectivity index (χ2v) is 6.16. The summed E-state index contributed by atoms with van der Waals surface area (Å²) in [5.74, 6) is 0.470. The lowest BCUT2D eigenvalue weighted by atomic mass is 10.2. The van der Waals surface area contributed by atoms with Gasteiger partial charge in [-0.2, -0.15) is 0 Å². The van der Waals surface area contributed by atoms with Gasteiger partial charge in [0.15, 0.2) is 0 Å². The van der Waals surface area contributed by atoms with Gasteiger partial charge in [-0.05, 0) is 24.3 Å². The van der Waals surface area contributed by atoms with Crippen LogP contribution in [0.3, 0.4) is 0 Å². The van der Waals surface area contributed by atoms with Gasteiger partial charge in [0.1, 0.15) is 24.7 Å². The molecule has 6 nitrogen and oxygen atoms in total. The third-order valence-corrected chi connectivity index (χ3v) is 4.20. The second-order valence-electron chi connectivity index (χ2n) is 6.16. The van der Waals surface area contributed by atoms with E-state index in [0.29, 0.717) is 28.4 Å². The SMILES string of the molecule is COC(=O)c1cc(OCc2ccccc2N)cc(OCc2ccccc2N)c1. The van der Waals surface area contributed by atoms with Crippen molar-refractivity contribution < 1.29 is 19.0 Å². The predicted octanol–water partition coefficient (Wildman–Crippen LogP) is 3.80. The summed E-state index contributed by atoms with van der Waals surface area (Å²) >= 11 is 0. The minimum absolute atomic E-state index is 0.266. The molecule has 0 spiro atoms. The minimum atomic E-state index is -0.478. The Morgan fingerprint density at radius 1 is 0.786 bits per heavy atom. The number of carbonyl (C=O) groups is 1. The fourth-order valence-corrected chi connectivity index (χ4v) is 2.63. The normalized spacial score (nSPS) is 10.3. The van der Waals surface area contributed by atoms with Gasteiger partial charge in [0.2, 0.25) is 0 Å². The summed E-state index contributed by atoms with van der Waals surface area (Å²) in [5.41, 5.74) is 15.2. The topological polar surface area (TPSA) is 96.8 Å². The van der Waals surface area contributed by atoms with Gasteiger partial charge >= 0.3 is 5.97 Å². The first-order valence-corrected chi connectivity index (χ1v) is 8.72. The molecular weight excluding hydrogens is 356 g/mol. The molecule has 0 amide bonds. The Morgan fingerprint density at radius 3 is 1.68 bits per heavy atom. The van der Waals surface area contributed by atoms with E-state index in [2.05, 4.69) is 0 Å². The molecule has 0 aliphatic heterocycles. The molecule has 4 N–H and O–H groups in total. The van der Waals surface area contributed by atoms with Crippen molar-refractivity contribution in [3.63, 3.8) is 0 Å². The second kappa shape index (κ2) is 8.81. The van der Waals surface area contributed by atoms with E-state index in [0.717, 1.165) is 11.1 Å². The Morgan fingerprint density at radius 2 is 1.25 bits per heavy atom. The zero-order valence-electron chi connectivity index (χ0n) is 15.6. The molecule has 0 atom stereocenters. The summed E-state index contributed by atoms with van der Waals surface area (Å²) in [6.45, 7) is 0.532. The number of para-hydroxylation sites is 2. The van der Waals surface area contributed by atoms with Crippen LogP contribution >= 0.6 is 0 Å². The van der Waals surface area contributed by atoms with Crippen molar-refractivity contribution >= 4 is 17.3 Å². The van der Waals surface area contributed by atoms with Crippen LogP contribution in [0.5, 0.6) is 11.5 Å². The number of nitrogens with two attached hydrogens (primary N) is 2. The first-order chi connectivity index (χ1) is 13.6. The number of hydrogen-bond donors (Lipinski definition) is 2. The van der Waals surface area contributed by atoms with Gasteiger partial charge in [0, 0.05) is 28.6 Å². The maximum absolute atomic E-state index is 12.0.